The molecule has 0 saturated carbocycles. The van der Waals surface area contributed by atoms with E-state index in [0.29, 0.717) is 6.54 Å². The van der Waals surface area contributed by atoms with Gasteiger partial charge in [0.15, 0.2) is 9.84 Å². The van der Waals surface area contributed by atoms with Gasteiger partial charge in [-0.1, -0.05) is 0 Å². The molecule has 0 fully saturated rings. The van der Waals surface area contributed by atoms with E-state index in [4.69, 9.17) is 0 Å². The van der Waals surface area contributed by atoms with Crippen molar-refractivity contribution in [2.24, 2.45) is 0 Å². The Labute approximate surface area is 107 Å². The van der Waals surface area contributed by atoms with E-state index in [1.165, 1.54) is 19.2 Å². The number of hydrogen-bond acceptors (Lipinski definition) is 5. The highest BCUT2D eigenvalue weighted by Crippen LogP contribution is 2.17. The fourth-order valence-electron chi connectivity index (χ4n) is 1.51. The predicted molar refractivity (Wildman–Crippen MR) is 69.5 cm³/mol. The van der Waals surface area contributed by atoms with Gasteiger partial charge in [-0.05, 0) is 31.2 Å². The van der Waals surface area contributed by atoms with E-state index in [1.807, 2.05) is 6.92 Å². The summed E-state index contributed by atoms with van der Waals surface area (Å²) in [7, 11) is -1.85. The molecule has 1 aromatic carbocycles. The molecule has 100 valence electrons. The number of sulfone groups is 1. The van der Waals surface area contributed by atoms with Crippen molar-refractivity contribution in [3.63, 3.8) is 0 Å². The molecule has 0 spiro atoms. The first-order valence-electron chi connectivity index (χ1n) is 5.50. The normalized spacial score (nSPS) is 11.1. The fraction of sp³-hybridized carbons (Fsp3) is 0.417. The molecule has 0 aliphatic carbocycles. The number of methoxy groups -OCH3 is 1. The zero-order valence-corrected chi connectivity index (χ0v) is 11.5. The Hall–Kier alpha value is -1.56. The Kier molecular flexibility index (Phi) is 4.72. The van der Waals surface area contributed by atoms with Crippen LogP contribution < -0.4 is 4.90 Å². The molecule has 1 rings (SSSR count). The number of rotatable bonds is 5. The van der Waals surface area contributed by atoms with Gasteiger partial charge in [-0.2, -0.15) is 0 Å². The first kappa shape index (κ1) is 14.5. The molecular formula is C12H17NO4S. The average Bonchev–Trinajstić information content (AvgIpc) is 2.34. The second-order valence-corrected chi connectivity index (χ2v) is 5.87. The number of carbonyl (C=O) groups is 1. The quantitative estimate of drug-likeness (QED) is 0.750. The number of carbonyl (C=O) groups excluding carboxylic acids is 1. The van der Waals surface area contributed by atoms with Crippen molar-refractivity contribution in [2.75, 3.05) is 31.4 Å². The van der Waals surface area contributed by atoms with Gasteiger partial charge in [0, 0.05) is 18.5 Å². The van der Waals surface area contributed by atoms with E-state index in [9.17, 15) is 13.2 Å². The molecule has 0 radical (unpaired) electrons. The smallest absolute Gasteiger partial charge is 0.325 e. The lowest BCUT2D eigenvalue weighted by atomic mass is 10.3. The number of esters is 1. The zero-order valence-electron chi connectivity index (χ0n) is 10.7. The van der Waals surface area contributed by atoms with Crippen LogP contribution in [0.4, 0.5) is 5.69 Å². The van der Waals surface area contributed by atoms with Crippen LogP contribution in [-0.4, -0.2) is 40.8 Å². The average molecular weight is 271 g/mol. The van der Waals surface area contributed by atoms with E-state index < -0.39 is 9.84 Å². The van der Waals surface area contributed by atoms with E-state index >= 15 is 0 Å². The molecule has 0 bridgehead atoms. The highest BCUT2D eigenvalue weighted by molar-refractivity contribution is 7.90. The second-order valence-electron chi connectivity index (χ2n) is 3.86. The maximum atomic E-state index is 11.3. The maximum Gasteiger partial charge on any atom is 0.325 e. The Morgan fingerprint density at radius 3 is 2.22 bits per heavy atom. The van der Waals surface area contributed by atoms with Gasteiger partial charge in [0.25, 0.3) is 0 Å². The van der Waals surface area contributed by atoms with Crippen LogP contribution in [0.1, 0.15) is 6.92 Å². The first-order chi connectivity index (χ1) is 8.38. The number of anilines is 1. The first-order valence-corrected chi connectivity index (χ1v) is 7.39. The van der Waals surface area contributed by atoms with Gasteiger partial charge in [-0.15, -0.1) is 0 Å². The standard InChI is InChI=1S/C12H17NO4S/c1-4-13(9-12(14)17-2)10-5-7-11(8-6-10)18(3,15)16/h5-8H,4,9H2,1-3H3. The summed E-state index contributed by atoms with van der Waals surface area (Å²) in [4.78, 5) is 13.3. The van der Waals surface area contributed by atoms with Crippen molar-refractivity contribution in [2.45, 2.75) is 11.8 Å². The Balaban J connectivity index is 2.92. The van der Waals surface area contributed by atoms with Crippen molar-refractivity contribution >= 4 is 21.5 Å². The van der Waals surface area contributed by atoms with Crippen LogP contribution in [0.15, 0.2) is 29.2 Å². The van der Waals surface area contributed by atoms with Crippen molar-refractivity contribution in [1.82, 2.24) is 0 Å². The largest absolute Gasteiger partial charge is 0.468 e. The zero-order chi connectivity index (χ0) is 13.8. The van der Waals surface area contributed by atoms with Crippen LogP contribution in [-0.2, 0) is 19.4 Å². The highest BCUT2D eigenvalue weighted by Gasteiger charge is 2.11. The van der Waals surface area contributed by atoms with Crippen molar-refractivity contribution in [1.29, 1.82) is 0 Å². The van der Waals surface area contributed by atoms with Gasteiger partial charge in [0.2, 0.25) is 0 Å². The van der Waals surface area contributed by atoms with Crippen molar-refractivity contribution in [3.05, 3.63) is 24.3 Å². The SMILES string of the molecule is CCN(CC(=O)OC)c1ccc(S(C)(=O)=O)cc1. The fourth-order valence-corrected chi connectivity index (χ4v) is 2.14. The van der Waals surface area contributed by atoms with Crippen LogP contribution >= 0.6 is 0 Å². The lowest BCUT2D eigenvalue weighted by Gasteiger charge is -2.21. The highest BCUT2D eigenvalue weighted by atomic mass is 32.2. The summed E-state index contributed by atoms with van der Waals surface area (Å²) in [6.07, 6.45) is 1.16. The third-order valence-corrected chi connectivity index (χ3v) is 3.69. The Morgan fingerprint density at radius 1 is 1.28 bits per heavy atom. The predicted octanol–water partition coefficient (Wildman–Crippen LogP) is 1.09. The third-order valence-electron chi connectivity index (χ3n) is 2.56. The second kappa shape index (κ2) is 5.86. The van der Waals surface area contributed by atoms with E-state index in [-0.39, 0.29) is 17.4 Å². The summed E-state index contributed by atoms with van der Waals surface area (Å²) >= 11 is 0. The van der Waals surface area contributed by atoms with Crippen LogP contribution in [0.2, 0.25) is 0 Å². The summed E-state index contributed by atoms with van der Waals surface area (Å²) in [5, 5.41) is 0. The minimum absolute atomic E-state index is 0.144. The lowest BCUT2D eigenvalue weighted by Crippen LogP contribution is -2.30. The molecule has 1 aromatic rings. The topological polar surface area (TPSA) is 63.7 Å². The Morgan fingerprint density at radius 2 is 1.83 bits per heavy atom. The molecule has 5 nitrogen and oxygen atoms in total. The van der Waals surface area contributed by atoms with Crippen LogP contribution in [0.25, 0.3) is 0 Å². The molecule has 0 aliphatic heterocycles. The number of likely N-dealkylation sites (N-methyl/N-ethyl adjacent to an activating group) is 1. The summed E-state index contributed by atoms with van der Waals surface area (Å²) < 4.78 is 27.2. The van der Waals surface area contributed by atoms with E-state index in [0.717, 1.165) is 11.9 Å². The summed E-state index contributed by atoms with van der Waals surface area (Å²) in [5.74, 6) is -0.330. The summed E-state index contributed by atoms with van der Waals surface area (Å²) in [6, 6.07) is 6.43. The van der Waals surface area contributed by atoms with Crippen LogP contribution in [0.3, 0.4) is 0 Å². The molecule has 0 unspecified atom stereocenters. The molecule has 0 aromatic heterocycles. The van der Waals surface area contributed by atoms with Crippen molar-refractivity contribution < 1.29 is 17.9 Å². The van der Waals surface area contributed by atoms with E-state index in [2.05, 4.69) is 4.74 Å². The molecule has 6 heteroatoms. The number of ether oxygens (including phenoxy) is 1. The summed E-state index contributed by atoms with van der Waals surface area (Å²) in [5.41, 5.74) is 0.787. The minimum Gasteiger partial charge on any atom is -0.468 e. The van der Waals surface area contributed by atoms with Gasteiger partial charge in [0.05, 0.1) is 12.0 Å². The number of hydrogen-bond donors (Lipinski definition) is 0. The molecule has 0 amide bonds. The molecule has 18 heavy (non-hydrogen) atoms. The molecule has 0 N–H and O–H groups in total. The number of benzene rings is 1. The molecular weight excluding hydrogens is 254 g/mol. The van der Waals surface area contributed by atoms with Crippen LogP contribution in [0.5, 0.6) is 0 Å². The van der Waals surface area contributed by atoms with Gasteiger partial charge >= 0.3 is 5.97 Å². The molecule has 0 saturated heterocycles. The van der Waals surface area contributed by atoms with Crippen molar-refractivity contribution in [3.8, 4) is 0 Å². The van der Waals surface area contributed by atoms with Gasteiger partial charge in [0.1, 0.15) is 6.54 Å². The molecule has 0 aliphatic rings. The number of nitrogens with zero attached hydrogens (tertiary/aromatic N) is 1. The summed E-state index contributed by atoms with van der Waals surface area (Å²) in [6.45, 7) is 2.69. The monoisotopic (exact) mass is 271 g/mol. The Bertz CT molecular complexity index is 507. The maximum absolute atomic E-state index is 11.3. The minimum atomic E-state index is -3.19. The molecule has 0 atom stereocenters. The third kappa shape index (κ3) is 3.73. The van der Waals surface area contributed by atoms with Crippen LogP contribution in [0, 0.1) is 0 Å². The van der Waals surface area contributed by atoms with Gasteiger partial charge in [-0.3, -0.25) is 4.79 Å². The van der Waals surface area contributed by atoms with Gasteiger partial charge < -0.3 is 9.64 Å². The lowest BCUT2D eigenvalue weighted by molar-refractivity contribution is -0.138. The van der Waals surface area contributed by atoms with E-state index in [1.54, 1.807) is 17.0 Å². The molecule has 0 heterocycles. The van der Waals surface area contributed by atoms with Gasteiger partial charge in [-0.25, -0.2) is 8.42 Å².